The number of fused-ring (bicyclic) bond motifs is 1. The Morgan fingerprint density at radius 2 is 2.14 bits per heavy atom. The number of ether oxygens (including phenoxy) is 1. The van der Waals surface area contributed by atoms with Crippen molar-refractivity contribution < 1.29 is 9.53 Å². The molecule has 0 unspecified atom stereocenters. The van der Waals surface area contributed by atoms with Crippen molar-refractivity contribution in [1.82, 2.24) is 9.55 Å². The van der Waals surface area contributed by atoms with Gasteiger partial charge in [-0.3, -0.25) is 9.59 Å². The molecule has 0 bridgehead atoms. The van der Waals surface area contributed by atoms with Crippen LogP contribution in [0.15, 0.2) is 23.0 Å². The lowest BCUT2D eigenvalue weighted by atomic mass is 10.2. The number of unbranched alkanes of at least 4 members (excludes halogenated alkanes) is 1. The van der Waals surface area contributed by atoms with E-state index in [-0.39, 0.29) is 17.4 Å². The average molecular weight is 343 g/mol. The Kier molecular flexibility index (Phi) is 5.80. The first-order chi connectivity index (χ1) is 10.5. The smallest absolute Gasteiger partial charge is 0.302 e. The van der Waals surface area contributed by atoms with Gasteiger partial charge in [0.2, 0.25) is 0 Å². The molecule has 0 radical (unpaired) electrons. The van der Waals surface area contributed by atoms with Gasteiger partial charge < -0.3 is 9.30 Å². The van der Waals surface area contributed by atoms with E-state index in [1.807, 2.05) is 4.57 Å². The molecule has 0 aliphatic rings. The van der Waals surface area contributed by atoms with E-state index in [1.54, 1.807) is 18.2 Å². The fourth-order valence-corrected chi connectivity index (χ4v) is 2.61. The summed E-state index contributed by atoms with van der Waals surface area (Å²) in [5.41, 5.74) is 0.428. The molecule has 0 saturated carbocycles. The zero-order chi connectivity index (χ0) is 16.1. The number of alkyl halides is 1. The lowest BCUT2D eigenvalue weighted by molar-refractivity contribution is -0.141. The number of aryl methyl sites for hydroxylation is 1. The quantitative estimate of drug-likeness (QED) is 0.459. The number of carbonyl (C=O) groups is 1. The first-order valence-corrected chi connectivity index (χ1v) is 7.82. The molecular weight excluding hydrogens is 327 g/mol. The zero-order valence-electron chi connectivity index (χ0n) is 12.1. The predicted octanol–water partition coefficient (Wildman–Crippen LogP) is 3.13. The Morgan fingerprint density at radius 1 is 1.36 bits per heavy atom. The fourth-order valence-electron chi connectivity index (χ4n) is 2.23. The molecule has 22 heavy (non-hydrogen) atoms. The largest absolute Gasteiger partial charge is 0.466 e. The minimum absolute atomic E-state index is 0.151. The highest BCUT2D eigenvalue weighted by Crippen LogP contribution is 2.18. The first kappa shape index (κ1) is 16.8. The van der Waals surface area contributed by atoms with E-state index in [0.717, 1.165) is 18.4 Å². The van der Waals surface area contributed by atoms with E-state index < -0.39 is 0 Å². The lowest BCUT2D eigenvalue weighted by Crippen LogP contribution is -2.18. The molecular formula is C15H16Cl2N2O3. The normalized spacial score (nSPS) is 10.9. The topological polar surface area (TPSA) is 61.2 Å². The van der Waals surface area contributed by atoms with Gasteiger partial charge in [0.1, 0.15) is 5.82 Å². The molecule has 0 aliphatic carbocycles. The SMILES string of the molecule is CC(=O)OCCCCn1c(CCl)nc(=O)c2cc(Cl)ccc21. The van der Waals surface area contributed by atoms with E-state index in [9.17, 15) is 9.59 Å². The molecule has 1 heterocycles. The van der Waals surface area contributed by atoms with E-state index in [4.69, 9.17) is 27.9 Å². The van der Waals surface area contributed by atoms with Crippen molar-refractivity contribution in [3.8, 4) is 0 Å². The Balaban J connectivity index is 2.25. The van der Waals surface area contributed by atoms with Crippen molar-refractivity contribution in [3.05, 3.63) is 39.4 Å². The zero-order valence-corrected chi connectivity index (χ0v) is 13.7. The van der Waals surface area contributed by atoms with Gasteiger partial charge in [-0.25, -0.2) is 0 Å². The number of carbonyl (C=O) groups excluding carboxylic acids is 1. The molecule has 0 atom stereocenters. The number of rotatable bonds is 6. The minimum Gasteiger partial charge on any atom is -0.466 e. The Morgan fingerprint density at radius 3 is 2.82 bits per heavy atom. The third-order valence-corrected chi connectivity index (χ3v) is 3.70. The molecule has 0 amide bonds. The Hall–Kier alpha value is -1.59. The summed E-state index contributed by atoms with van der Waals surface area (Å²) in [4.78, 5) is 26.8. The third-order valence-electron chi connectivity index (χ3n) is 3.22. The molecule has 1 aromatic carbocycles. The van der Waals surface area contributed by atoms with Crippen LogP contribution in [0.5, 0.6) is 0 Å². The molecule has 0 fully saturated rings. The summed E-state index contributed by atoms with van der Waals surface area (Å²) in [5, 5.41) is 0.966. The van der Waals surface area contributed by atoms with Crippen molar-refractivity contribution in [2.45, 2.75) is 32.2 Å². The highest BCUT2D eigenvalue weighted by atomic mass is 35.5. The van der Waals surface area contributed by atoms with Crippen molar-refractivity contribution in [3.63, 3.8) is 0 Å². The summed E-state index contributed by atoms with van der Waals surface area (Å²) in [6.07, 6.45) is 1.50. The van der Waals surface area contributed by atoms with Gasteiger partial charge in [0.25, 0.3) is 5.56 Å². The number of hydrogen-bond donors (Lipinski definition) is 0. The molecule has 0 saturated heterocycles. The Bertz CT molecular complexity index is 743. The van der Waals surface area contributed by atoms with E-state index in [1.165, 1.54) is 6.92 Å². The van der Waals surface area contributed by atoms with Gasteiger partial charge in [0.15, 0.2) is 0 Å². The number of benzene rings is 1. The summed E-state index contributed by atoms with van der Waals surface area (Å²) in [5.74, 6) is 0.387. The van der Waals surface area contributed by atoms with Crippen LogP contribution in [0.4, 0.5) is 0 Å². The summed E-state index contributed by atoms with van der Waals surface area (Å²) >= 11 is 11.8. The second-order valence-electron chi connectivity index (χ2n) is 4.83. The van der Waals surface area contributed by atoms with Crippen LogP contribution in [0.2, 0.25) is 5.02 Å². The summed E-state index contributed by atoms with van der Waals surface area (Å²) in [6, 6.07) is 5.14. The molecule has 0 N–H and O–H groups in total. The number of halogens is 2. The van der Waals surface area contributed by atoms with Gasteiger partial charge in [0.05, 0.1) is 23.4 Å². The third kappa shape index (κ3) is 3.99. The Labute approximate surface area is 137 Å². The summed E-state index contributed by atoms with van der Waals surface area (Å²) in [7, 11) is 0. The van der Waals surface area contributed by atoms with Gasteiger partial charge in [0, 0.05) is 18.5 Å². The summed E-state index contributed by atoms with van der Waals surface area (Å²) < 4.78 is 6.81. The van der Waals surface area contributed by atoms with Crippen molar-refractivity contribution in [2.24, 2.45) is 0 Å². The molecule has 7 heteroatoms. The van der Waals surface area contributed by atoms with Crippen LogP contribution in [0.1, 0.15) is 25.6 Å². The number of aromatic nitrogens is 2. The summed E-state index contributed by atoms with van der Waals surface area (Å²) in [6.45, 7) is 2.39. The maximum atomic E-state index is 12.0. The van der Waals surface area contributed by atoms with Crippen LogP contribution in [-0.2, 0) is 22.0 Å². The van der Waals surface area contributed by atoms with Gasteiger partial charge in [-0.05, 0) is 31.0 Å². The number of hydrogen-bond acceptors (Lipinski definition) is 4. The van der Waals surface area contributed by atoms with Gasteiger partial charge in [-0.15, -0.1) is 11.6 Å². The fraction of sp³-hybridized carbons (Fsp3) is 0.400. The lowest BCUT2D eigenvalue weighted by Gasteiger charge is -2.14. The second kappa shape index (κ2) is 7.61. The van der Waals surface area contributed by atoms with Crippen molar-refractivity contribution in [1.29, 1.82) is 0 Å². The van der Waals surface area contributed by atoms with Gasteiger partial charge >= 0.3 is 5.97 Å². The molecule has 2 aromatic rings. The second-order valence-corrected chi connectivity index (χ2v) is 5.53. The standard InChI is InChI=1S/C15H16Cl2N2O3/c1-10(20)22-7-3-2-6-19-13-5-4-11(17)8-12(13)15(21)18-14(19)9-16/h4-5,8H,2-3,6-7,9H2,1H3. The van der Waals surface area contributed by atoms with Crippen LogP contribution in [-0.4, -0.2) is 22.1 Å². The molecule has 0 aliphatic heterocycles. The monoisotopic (exact) mass is 342 g/mol. The van der Waals surface area contributed by atoms with Crippen LogP contribution in [0.25, 0.3) is 10.9 Å². The van der Waals surface area contributed by atoms with E-state index >= 15 is 0 Å². The van der Waals surface area contributed by atoms with Crippen molar-refractivity contribution in [2.75, 3.05) is 6.61 Å². The van der Waals surface area contributed by atoms with E-state index in [0.29, 0.717) is 29.4 Å². The van der Waals surface area contributed by atoms with Crippen LogP contribution >= 0.6 is 23.2 Å². The van der Waals surface area contributed by atoms with E-state index in [2.05, 4.69) is 4.98 Å². The van der Waals surface area contributed by atoms with Gasteiger partial charge in [-0.1, -0.05) is 11.6 Å². The molecule has 118 valence electrons. The number of nitrogens with zero attached hydrogens (tertiary/aromatic N) is 2. The maximum Gasteiger partial charge on any atom is 0.302 e. The number of esters is 1. The van der Waals surface area contributed by atoms with Gasteiger partial charge in [-0.2, -0.15) is 4.98 Å². The molecule has 0 spiro atoms. The highest BCUT2D eigenvalue weighted by molar-refractivity contribution is 6.31. The van der Waals surface area contributed by atoms with Crippen LogP contribution in [0.3, 0.4) is 0 Å². The molecule has 5 nitrogen and oxygen atoms in total. The molecule has 2 rings (SSSR count). The first-order valence-electron chi connectivity index (χ1n) is 6.91. The van der Waals surface area contributed by atoms with Crippen LogP contribution in [0, 0.1) is 0 Å². The van der Waals surface area contributed by atoms with Crippen molar-refractivity contribution >= 4 is 40.1 Å². The average Bonchev–Trinajstić information content (AvgIpc) is 2.48. The highest BCUT2D eigenvalue weighted by Gasteiger charge is 2.10. The molecule has 1 aromatic heterocycles. The predicted molar refractivity (Wildman–Crippen MR) is 86.4 cm³/mol. The maximum absolute atomic E-state index is 12.0. The minimum atomic E-state index is -0.329. The van der Waals surface area contributed by atoms with Crippen LogP contribution < -0.4 is 5.56 Å².